The minimum atomic E-state index is -3.64. The lowest BCUT2D eigenvalue weighted by Crippen LogP contribution is -2.30. The van der Waals surface area contributed by atoms with Crippen LogP contribution in [-0.2, 0) is 14.8 Å². The van der Waals surface area contributed by atoms with E-state index in [0.29, 0.717) is 30.3 Å². The number of nitrogens with zero attached hydrogens (tertiary/aromatic N) is 1. The average molecular weight is 391 g/mol. The Labute approximate surface area is 161 Å². The lowest BCUT2D eigenvalue weighted by atomic mass is 10.2. The van der Waals surface area contributed by atoms with Gasteiger partial charge in [0.15, 0.2) is 5.75 Å². The largest absolute Gasteiger partial charge is 0.455 e. The van der Waals surface area contributed by atoms with Crippen LogP contribution in [0.5, 0.6) is 11.5 Å². The van der Waals surface area contributed by atoms with E-state index in [1.165, 1.54) is 16.4 Å². The molecule has 146 valence electrons. The number of benzene rings is 2. The summed E-state index contributed by atoms with van der Waals surface area (Å²) in [4.78, 5) is 12.3. The van der Waals surface area contributed by atoms with E-state index in [1.54, 1.807) is 45.9 Å². The standard InChI is InChI=1S/C20H26N2O4S/c1-5-22(6-2)27(24,25)17-12-13-19(26-16-10-8-7-9-11-16)18(14-17)21-20(23)15(3)4/h7-15H,5-6H2,1-4H3,(H,21,23). The lowest BCUT2D eigenvalue weighted by Gasteiger charge is -2.20. The van der Waals surface area contributed by atoms with Crippen LogP contribution in [-0.4, -0.2) is 31.7 Å². The molecule has 6 nitrogen and oxygen atoms in total. The van der Waals surface area contributed by atoms with Crippen LogP contribution in [0.3, 0.4) is 0 Å². The third kappa shape index (κ3) is 5.08. The van der Waals surface area contributed by atoms with E-state index >= 15 is 0 Å². The molecular weight excluding hydrogens is 364 g/mol. The van der Waals surface area contributed by atoms with Gasteiger partial charge in [0.05, 0.1) is 10.6 Å². The first-order valence-electron chi connectivity index (χ1n) is 8.97. The topological polar surface area (TPSA) is 75.7 Å². The Bertz CT molecular complexity index is 876. The fourth-order valence-electron chi connectivity index (χ4n) is 2.46. The Morgan fingerprint density at radius 2 is 1.70 bits per heavy atom. The van der Waals surface area contributed by atoms with Crippen molar-refractivity contribution >= 4 is 21.6 Å². The molecule has 0 aliphatic rings. The van der Waals surface area contributed by atoms with Crippen LogP contribution in [0.25, 0.3) is 0 Å². The molecule has 0 aliphatic heterocycles. The maximum absolute atomic E-state index is 12.8. The molecule has 0 heterocycles. The van der Waals surface area contributed by atoms with Crippen molar-refractivity contribution in [3.05, 3.63) is 48.5 Å². The van der Waals surface area contributed by atoms with Gasteiger partial charge in [0.2, 0.25) is 15.9 Å². The zero-order chi connectivity index (χ0) is 20.0. The third-order valence-electron chi connectivity index (χ3n) is 4.05. The Hall–Kier alpha value is -2.38. The van der Waals surface area contributed by atoms with Crippen molar-refractivity contribution < 1.29 is 17.9 Å². The van der Waals surface area contributed by atoms with Crippen LogP contribution in [0.15, 0.2) is 53.4 Å². The zero-order valence-electron chi connectivity index (χ0n) is 16.1. The van der Waals surface area contributed by atoms with Gasteiger partial charge in [0.25, 0.3) is 0 Å². The van der Waals surface area contributed by atoms with Crippen molar-refractivity contribution in [3.8, 4) is 11.5 Å². The molecule has 27 heavy (non-hydrogen) atoms. The van der Waals surface area contributed by atoms with Crippen LogP contribution in [0.4, 0.5) is 5.69 Å². The van der Waals surface area contributed by atoms with Gasteiger partial charge in [-0.15, -0.1) is 0 Å². The summed E-state index contributed by atoms with van der Waals surface area (Å²) in [5.74, 6) is 0.508. The Morgan fingerprint density at radius 3 is 2.26 bits per heavy atom. The number of nitrogens with one attached hydrogen (secondary N) is 1. The molecular formula is C20H26N2O4S. The molecule has 2 aromatic carbocycles. The first-order chi connectivity index (χ1) is 12.8. The summed E-state index contributed by atoms with van der Waals surface area (Å²) in [5.41, 5.74) is 0.325. The van der Waals surface area contributed by atoms with Gasteiger partial charge in [-0.3, -0.25) is 4.79 Å². The number of amides is 1. The molecule has 0 bridgehead atoms. The Kier molecular flexibility index (Phi) is 6.98. The van der Waals surface area contributed by atoms with Crippen LogP contribution >= 0.6 is 0 Å². The molecule has 0 atom stereocenters. The Balaban J connectivity index is 2.47. The molecule has 2 aromatic rings. The number of ether oxygens (including phenoxy) is 1. The van der Waals surface area contributed by atoms with Gasteiger partial charge in [-0.2, -0.15) is 4.31 Å². The number of rotatable bonds is 8. The van der Waals surface area contributed by atoms with E-state index in [9.17, 15) is 13.2 Å². The van der Waals surface area contributed by atoms with Gasteiger partial charge in [-0.05, 0) is 30.3 Å². The van der Waals surface area contributed by atoms with Crippen molar-refractivity contribution in [2.24, 2.45) is 5.92 Å². The second-order valence-corrected chi connectivity index (χ2v) is 8.24. The zero-order valence-corrected chi connectivity index (χ0v) is 16.9. The van der Waals surface area contributed by atoms with Crippen molar-refractivity contribution in [3.63, 3.8) is 0 Å². The van der Waals surface area contributed by atoms with E-state index in [0.717, 1.165) is 0 Å². The quantitative estimate of drug-likeness (QED) is 0.736. The molecule has 1 N–H and O–H groups in total. The number of anilines is 1. The van der Waals surface area contributed by atoms with Crippen LogP contribution in [0, 0.1) is 5.92 Å². The van der Waals surface area contributed by atoms with Gasteiger partial charge in [-0.25, -0.2) is 8.42 Å². The van der Waals surface area contributed by atoms with E-state index in [-0.39, 0.29) is 16.7 Å². The highest BCUT2D eigenvalue weighted by atomic mass is 32.2. The van der Waals surface area contributed by atoms with Crippen molar-refractivity contribution in [1.29, 1.82) is 0 Å². The molecule has 2 rings (SSSR count). The molecule has 0 fully saturated rings. The molecule has 0 saturated heterocycles. The summed E-state index contributed by atoms with van der Waals surface area (Å²) in [6.45, 7) is 7.85. The van der Waals surface area contributed by atoms with Gasteiger partial charge >= 0.3 is 0 Å². The fraction of sp³-hybridized carbons (Fsp3) is 0.350. The van der Waals surface area contributed by atoms with Gasteiger partial charge in [0, 0.05) is 19.0 Å². The molecule has 0 aromatic heterocycles. The predicted molar refractivity (Wildman–Crippen MR) is 107 cm³/mol. The van der Waals surface area contributed by atoms with Gasteiger partial charge in [-0.1, -0.05) is 45.9 Å². The van der Waals surface area contributed by atoms with E-state index in [4.69, 9.17) is 4.74 Å². The summed E-state index contributed by atoms with van der Waals surface area (Å²) in [5, 5.41) is 2.77. The highest BCUT2D eigenvalue weighted by Crippen LogP contribution is 2.33. The number of para-hydroxylation sites is 1. The second kappa shape index (κ2) is 9.01. The van der Waals surface area contributed by atoms with Crippen LogP contribution in [0.1, 0.15) is 27.7 Å². The highest BCUT2D eigenvalue weighted by Gasteiger charge is 2.23. The molecule has 1 amide bonds. The number of carbonyl (C=O) groups is 1. The number of carbonyl (C=O) groups excluding carboxylic acids is 1. The number of sulfonamides is 1. The second-order valence-electron chi connectivity index (χ2n) is 6.31. The maximum Gasteiger partial charge on any atom is 0.243 e. The molecule has 0 radical (unpaired) electrons. The molecule has 0 saturated carbocycles. The lowest BCUT2D eigenvalue weighted by molar-refractivity contribution is -0.118. The van der Waals surface area contributed by atoms with Crippen LogP contribution in [0.2, 0.25) is 0 Å². The minimum Gasteiger partial charge on any atom is -0.455 e. The third-order valence-corrected chi connectivity index (χ3v) is 6.09. The molecule has 0 unspecified atom stereocenters. The van der Waals surface area contributed by atoms with Crippen molar-refractivity contribution in [2.45, 2.75) is 32.6 Å². The highest BCUT2D eigenvalue weighted by molar-refractivity contribution is 7.89. The normalized spacial score (nSPS) is 11.6. The summed E-state index contributed by atoms with van der Waals surface area (Å²) in [6, 6.07) is 13.6. The number of hydrogen-bond acceptors (Lipinski definition) is 4. The van der Waals surface area contributed by atoms with Crippen molar-refractivity contribution in [1.82, 2.24) is 4.31 Å². The van der Waals surface area contributed by atoms with Gasteiger partial charge < -0.3 is 10.1 Å². The minimum absolute atomic E-state index is 0.116. The molecule has 0 spiro atoms. The SMILES string of the molecule is CCN(CC)S(=O)(=O)c1ccc(Oc2ccccc2)c(NC(=O)C(C)C)c1. The first kappa shape index (κ1) is 20.9. The fourth-order valence-corrected chi connectivity index (χ4v) is 3.95. The summed E-state index contributed by atoms with van der Waals surface area (Å²) in [7, 11) is -3.64. The Morgan fingerprint density at radius 1 is 1.07 bits per heavy atom. The summed E-state index contributed by atoms with van der Waals surface area (Å²) < 4.78 is 32.8. The van der Waals surface area contributed by atoms with Crippen molar-refractivity contribution in [2.75, 3.05) is 18.4 Å². The summed E-state index contributed by atoms with van der Waals surface area (Å²) in [6.07, 6.45) is 0. The summed E-state index contributed by atoms with van der Waals surface area (Å²) >= 11 is 0. The van der Waals surface area contributed by atoms with Crippen LogP contribution < -0.4 is 10.1 Å². The average Bonchev–Trinajstić information content (AvgIpc) is 2.64. The predicted octanol–water partition coefficient (Wildman–Crippen LogP) is 4.10. The van der Waals surface area contributed by atoms with E-state index in [2.05, 4.69) is 5.32 Å². The maximum atomic E-state index is 12.8. The smallest absolute Gasteiger partial charge is 0.243 e. The molecule has 7 heteroatoms. The number of hydrogen-bond donors (Lipinski definition) is 1. The monoisotopic (exact) mass is 390 g/mol. The first-order valence-corrected chi connectivity index (χ1v) is 10.4. The molecule has 0 aliphatic carbocycles. The van der Waals surface area contributed by atoms with E-state index < -0.39 is 10.0 Å². The van der Waals surface area contributed by atoms with Gasteiger partial charge in [0.1, 0.15) is 5.75 Å². The van der Waals surface area contributed by atoms with E-state index in [1.807, 2.05) is 18.2 Å².